The number of anilines is 2. The molecular weight excluding hydrogens is 380 g/mol. The summed E-state index contributed by atoms with van der Waals surface area (Å²) in [6.07, 6.45) is 1.80. The molecule has 2 aliphatic rings. The molecule has 0 radical (unpaired) electrons. The molecule has 0 bridgehead atoms. The van der Waals surface area contributed by atoms with Crippen LogP contribution >= 0.6 is 0 Å². The molecule has 0 unspecified atom stereocenters. The normalized spacial score (nSPS) is 18.0. The highest BCUT2D eigenvalue weighted by Gasteiger charge is 2.31. The van der Waals surface area contributed by atoms with E-state index >= 15 is 0 Å². The zero-order valence-electron chi connectivity index (χ0n) is 17.0. The minimum atomic E-state index is -0.776. The zero-order valence-corrected chi connectivity index (χ0v) is 17.0. The van der Waals surface area contributed by atoms with Crippen molar-refractivity contribution >= 4 is 28.9 Å². The maximum Gasteiger partial charge on any atom is 0.270 e. The number of nitrogens with zero attached hydrogens (tertiary/aromatic N) is 3. The number of aliphatic imine (C=N–C) groups is 1. The van der Waals surface area contributed by atoms with E-state index in [-0.39, 0.29) is 18.4 Å². The zero-order chi connectivity index (χ0) is 21.1. The van der Waals surface area contributed by atoms with Gasteiger partial charge in [0.2, 0.25) is 0 Å². The minimum absolute atomic E-state index is 0.0759. The van der Waals surface area contributed by atoms with Gasteiger partial charge in [0.25, 0.3) is 11.8 Å². The monoisotopic (exact) mass is 404 g/mol. The number of nitrogens with one attached hydrogen (secondary N) is 1. The molecule has 2 amide bonds. The fraction of sp³-hybridized carbons (Fsp3) is 0.261. The van der Waals surface area contributed by atoms with Crippen LogP contribution in [0.25, 0.3) is 0 Å². The number of carbonyl (C=O) groups is 2. The summed E-state index contributed by atoms with van der Waals surface area (Å²) in [6.45, 7) is 1.22. The first-order valence-electron chi connectivity index (χ1n) is 9.83. The SMILES string of the molecule is CN(CC1=CC(C(=O)N[C@H]2COc3ccccc3N(C)C2=O)=NC1)c1ccccc1. The van der Waals surface area contributed by atoms with Gasteiger partial charge in [-0.05, 0) is 35.9 Å². The molecular formula is C23H24N4O3. The average molecular weight is 404 g/mol. The molecule has 0 aliphatic carbocycles. The molecule has 7 nitrogen and oxygen atoms in total. The van der Waals surface area contributed by atoms with E-state index in [1.807, 2.05) is 61.6 Å². The molecule has 1 N–H and O–H groups in total. The van der Waals surface area contributed by atoms with E-state index in [0.29, 0.717) is 30.2 Å². The number of hydrogen-bond acceptors (Lipinski definition) is 5. The van der Waals surface area contributed by atoms with Crippen LogP contribution in [0.5, 0.6) is 5.75 Å². The Kier molecular flexibility index (Phi) is 5.52. The lowest BCUT2D eigenvalue weighted by atomic mass is 10.2. The van der Waals surface area contributed by atoms with Gasteiger partial charge in [-0.25, -0.2) is 0 Å². The van der Waals surface area contributed by atoms with Gasteiger partial charge < -0.3 is 19.9 Å². The summed E-state index contributed by atoms with van der Waals surface area (Å²) in [6, 6.07) is 16.6. The van der Waals surface area contributed by atoms with Crippen molar-refractivity contribution in [1.29, 1.82) is 0 Å². The fourth-order valence-corrected chi connectivity index (χ4v) is 3.57. The molecule has 154 valence electrons. The molecule has 7 heteroatoms. The van der Waals surface area contributed by atoms with Gasteiger partial charge in [-0.1, -0.05) is 30.3 Å². The highest BCUT2D eigenvalue weighted by Crippen LogP contribution is 2.29. The van der Waals surface area contributed by atoms with Crippen molar-refractivity contribution in [1.82, 2.24) is 5.32 Å². The third-order valence-electron chi connectivity index (χ3n) is 5.23. The standard InChI is InChI=1S/C23H24N4O3/c1-26(17-8-4-3-5-9-17)14-16-12-18(24-13-16)22(28)25-19-15-30-21-11-7-6-10-20(21)27(2)23(19)29/h3-12,19H,13-15H2,1-2H3,(H,25,28)/t19-/m0/s1. The predicted molar refractivity (Wildman–Crippen MR) is 117 cm³/mol. The van der Waals surface area contributed by atoms with Crippen LogP contribution in [-0.2, 0) is 9.59 Å². The number of amides is 2. The summed E-state index contributed by atoms with van der Waals surface area (Å²) in [5, 5.41) is 2.78. The molecule has 0 spiro atoms. The quantitative estimate of drug-likeness (QED) is 0.828. The summed E-state index contributed by atoms with van der Waals surface area (Å²) in [5.41, 5.74) is 3.16. The van der Waals surface area contributed by atoms with Crippen molar-refractivity contribution in [2.24, 2.45) is 4.99 Å². The number of fused-ring (bicyclic) bond motifs is 1. The van der Waals surface area contributed by atoms with Gasteiger partial charge in [0.05, 0.1) is 12.2 Å². The fourth-order valence-electron chi connectivity index (χ4n) is 3.57. The molecule has 0 saturated heterocycles. The van der Waals surface area contributed by atoms with Gasteiger partial charge in [0.1, 0.15) is 24.1 Å². The highest BCUT2D eigenvalue weighted by molar-refractivity contribution is 6.44. The van der Waals surface area contributed by atoms with Crippen LogP contribution in [0.3, 0.4) is 0 Å². The molecule has 4 rings (SSSR count). The number of benzene rings is 2. The number of carbonyl (C=O) groups excluding carboxylic acids is 2. The molecule has 1 atom stereocenters. The number of likely N-dealkylation sites (N-methyl/N-ethyl adjacent to an activating group) is 2. The Morgan fingerprint density at radius 1 is 1.20 bits per heavy atom. The summed E-state index contributed by atoms with van der Waals surface area (Å²) in [7, 11) is 3.68. The first-order chi connectivity index (χ1) is 14.5. The van der Waals surface area contributed by atoms with E-state index in [0.717, 1.165) is 11.3 Å². The van der Waals surface area contributed by atoms with Gasteiger partial charge in [0.15, 0.2) is 0 Å². The number of para-hydroxylation sites is 3. The lowest BCUT2D eigenvalue weighted by Crippen LogP contribution is -2.50. The molecule has 0 aromatic heterocycles. The molecule has 30 heavy (non-hydrogen) atoms. The van der Waals surface area contributed by atoms with Crippen molar-refractivity contribution in [3.8, 4) is 5.75 Å². The maximum absolute atomic E-state index is 12.8. The second-order valence-corrected chi connectivity index (χ2v) is 7.40. The van der Waals surface area contributed by atoms with Gasteiger partial charge in [0, 0.05) is 26.3 Å². The first-order valence-corrected chi connectivity index (χ1v) is 9.83. The predicted octanol–water partition coefficient (Wildman–Crippen LogP) is 2.04. The largest absolute Gasteiger partial charge is 0.489 e. The van der Waals surface area contributed by atoms with Gasteiger partial charge in [-0.2, -0.15) is 0 Å². The Hall–Kier alpha value is -3.61. The number of hydrogen-bond donors (Lipinski definition) is 1. The van der Waals surface area contributed by atoms with Crippen molar-refractivity contribution < 1.29 is 14.3 Å². The van der Waals surface area contributed by atoms with E-state index in [1.54, 1.807) is 13.1 Å². The average Bonchev–Trinajstić information content (AvgIpc) is 3.20. The molecule has 2 aromatic rings. The van der Waals surface area contributed by atoms with Crippen molar-refractivity contribution in [3.05, 3.63) is 66.2 Å². The Morgan fingerprint density at radius 2 is 1.93 bits per heavy atom. The van der Waals surface area contributed by atoms with Gasteiger partial charge in [-0.3, -0.25) is 14.6 Å². The van der Waals surface area contributed by atoms with Crippen LogP contribution in [0, 0.1) is 0 Å². The Labute approximate surface area is 175 Å². The highest BCUT2D eigenvalue weighted by atomic mass is 16.5. The van der Waals surface area contributed by atoms with Crippen molar-refractivity contribution in [2.45, 2.75) is 6.04 Å². The van der Waals surface area contributed by atoms with E-state index in [9.17, 15) is 9.59 Å². The third kappa shape index (κ3) is 4.05. The van der Waals surface area contributed by atoms with E-state index in [2.05, 4.69) is 15.2 Å². The smallest absolute Gasteiger partial charge is 0.270 e. The molecule has 2 aromatic carbocycles. The molecule has 2 aliphatic heterocycles. The molecule has 0 saturated carbocycles. The van der Waals surface area contributed by atoms with E-state index < -0.39 is 6.04 Å². The Bertz CT molecular complexity index is 1020. The number of ether oxygens (including phenoxy) is 1. The van der Waals surface area contributed by atoms with Gasteiger partial charge >= 0.3 is 0 Å². The van der Waals surface area contributed by atoms with Gasteiger partial charge in [-0.15, -0.1) is 0 Å². The van der Waals surface area contributed by atoms with Crippen molar-refractivity contribution in [2.75, 3.05) is 43.6 Å². The first kappa shape index (κ1) is 19.7. The second kappa shape index (κ2) is 8.41. The summed E-state index contributed by atoms with van der Waals surface area (Å²) < 4.78 is 5.75. The molecule has 2 heterocycles. The summed E-state index contributed by atoms with van der Waals surface area (Å²) in [5.74, 6) is 0.0306. The van der Waals surface area contributed by atoms with Crippen LogP contribution in [0.4, 0.5) is 11.4 Å². The minimum Gasteiger partial charge on any atom is -0.489 e. The van der Waals surface area contributed by atoms with Crippen LogP contribution in [0.1, 0.15) is 0 Å². The van der Waals surface area contributed by atoms with E-state index in [4.69, 9.17) is 4.74 Å². The van der Waals surface area contributed by atoms with Crippen molar-refractivity contribution in [3.63, 3.8) is 0 Å². The summed E-state index contributed by atoms with van der Waals surface area (Å²) >= 11 is 0. The second-order valence-electron chi connectivity index (χ2n) is 7.40. The lowest BCUT2D eigenvalue weighted by molar-refractivity contribution is -0.124. The van der Waals surface area contributed by atoms with Crippen LogP contribution in [0.15, 0.2) is 71.2 Å². The Morgan fingerprint density at radius 3 is 2.73 bits per heavy atom. The third-order valence-corrected chi connectivity index (χ3v) is 5.23. The van der Waals surface area contributed by atoms with Crippen LogP contribution in [0.2, 0.25) is 0 Å². The lowest BCUT2D eigenvalue weighted by Gasteiger charge is -2.20. The Balaban J connectivity index is 1.39. The topological polar surface area (TPSA) is 74.2 Å². The summed E-state index contributed by atoms with van der Waals surface area (Å²) in [4.78, 5) is 33.5. The van der Waals surface area contributed by atoms with E-state index in [1.165, 1.54) is 4.90 Å². The molecule has 0 fully saturated rings. The van der Waals surface area contributed by atoms with Crippen LogP contribution < -0.4 is 19.9 Å². The number of rotatable bonds is 5. The van der Waals surface area contributed by atoms with Crippen LogP contribution in [-0.4, -0.2) is 57.4 Å². The maximum atomic E-state index is 12.8.